The van der Waals surface area contributed by atoms with Crippen molar-refractivity contribution in [1.29, 1.82) is 0 Å². The lowest BCUT2D eigenvalue weighted by atomic mass is 10.2. The number of hydrogen-bond acceptors (Lipinski definition) is 3. The number of halogens is 1. The molecule has 0 saturated carbocycles. The highest BCUT2D eigenvalue weighted by molar-refractivity contribution is 6.39. The minimum Gasteiger partial charge on any atom is -0.344 e. The van der Waals surface area contributed by atoms with Gasteiger partial charge in [0.15, 0.2) is 0 Å². The second-order valence-electron chi connectivity index (χ2n) is 5.26. The molecule has 7 heteroatoms. The number of nitrogens with one attached hydrogen (secondary N) is 2. The van der Waals surface area contributed by atoms with Gasteiger partial charge in [-0.15, -0.1) is 0 Å². The average molecular weight is 338 g/mol. The molecule has 0 aliphatic carbocycles. The Balaban J connectivity index is 1.57. The van der Waals surface area contributed by atoms with Crippen molar-refractivity contribution in [2.24, 2.45) is 0 Å². The van der Waals surface area contributed by atoms with E-state index in [9.17, 15) is 14.0 Å². The largest absolute Gasteiger partial charge is 0.344 e. The first-order valence-corrected chi connectivity index (χ1v) is 7.55. The van der Waals surface area contributed by atoms with Crippen molar-refractivity contribution in [2.45, 2.75) is 6.54 Å². The molecule has 2 aromatic carbocycles. The summed E-state index contributed by atoms with van der Waals surface area (Å²) in [6.07, 6.45) is 3.49. The zero-order valence-electron chi connectivity index (χ0n) is 13.1. The molecule has 0 spiro atoms. The van der Waals surface area contributed by atoms with E-state index in [4.69, 9.17) is 0 Å². The topological polar surface area (TPSA) is 76.0 Å². The van der Waals surface area contributed by atoms with E-state index in [1.54, 1.807) is 10.9 Å². The van der Waals surface area contributed by atoms with Crippen LogP contribution in [0.15, 0.2) is 67.0 Å². The van der Waals surface area contributed by atoms with Gasteiger partial charge in [0.1, 0.15) is 5.82 Å². The monoisotopic (exact) mass is 338 g/mol. The molecule has 1 aromatic heterocycles. The SMILES string of the molecule is O=C(NCc1cccc(-n2cccn2)c1)C(=O)Nc1ccc(F)cc1. The van der Waals surface area contributed by atoms with E-state index in [0.29, 0.717) is 5.69 Å². The summed E-state index contributed by atoms with van der Waals surface area (Å²) in [7, 11) is 0. The van der Waals surface area contributed by atoms with Gasteiger partial charge in [-0.25, -0.2) is 9.07 Å². The van der Waals surface area contributed by atoms with Crippen LogP contribution in [0, 0.1) is 5.82 Å². The first kappa shape index (κ1) is 16.4. The molecule has 25 heavy (non-hydrogen) atoms. The minimum atomic E-state index is -0.810. The van der Waals surface area contributed by atoms with E-state index in [-0.39, 0.29) is 6.54 Å². The van der Waals surface area contributed by atoms with Gasteiger partial charge >= 0.3 is 11.8 Å². The van der Waals surface area contributed by atoms with Crippen molar-refractivity contribution in [3.05, 3.63) is 78.4 Å². The van der Waals surface area contributed by atoms with Crippen molar-refractivity contribution in [3.8, 4) is 5.69 Å². The van der Waals surface area contributed by atoms with Crippen molar-refractivity contribution in [3.63, 3.8) is 0 Å². The number of hydrogen-bond donors (Lipinski definition) is 2. The molecule has 6 nitrogen and oxygen atoms in total. The van der Waals surface area contributed by atoms with Crippen molar-refractivity contribution in [2.75, 3.05) is 5.32 Å². The van der Waals surface area contributed by atoms with E-state index < -0.39 is 17.6 Å². The Morgan fingerprint density at radius 2 is 1.84 bits per heavy atom. The molecule has 0 unspecified atom stereocenters. The third-order valence-electron chi connectivity index (χ3n) is 3.44. The van der Waals surface area contributed by atoms with Crippen molar-refractivity contribution < 1.29 is 14.0 Å². The molecular formula is C18H15FN4O2. The molecule has 3 rings (SSSR count). The van der Waals surface area contributed by atoms with Crippen LogP contribution >= 0.6 is 0 Å². The smallest absolute Gasteiger partial charge is 0.313 e. The third kappa shape index (κ3) is 4.29. The van der Waals surface area contributed by atoms with Crippen LogP contribution in [0.5, 0.6) is 0 Å². The molecule has 1 heterocycles. The molecule has 0 radical (unpaired) electrons. The van der Waals surface area contributed by atoms with Crippen LogP contribution in [0.3, 0.4) is 0 Å². The van der Waals surface area contributed by atoms with Gasteiger partial charge in [0.05, 0.1) is 5.69 Å². The van der Waals surface area contributed by atoms with Gasteiger partial charge in [0.25, 0.3) is 0 Å². The summed E-state index contributed by atoms with van der Waals surface area (Å²) in [4.78, 5) is 23.7. The average Bonchev–Trinajstić information content (AvgIpc) is 3.16. The fraction of sp³-hybridized carbons (Fsp3) is 0.0556. The number of nitrogens with zero attached hydrogens (tertiary/aromatic N) is 2. The van der Waals surface area contributed by atoms with Crippen molar-refractivity contribution >= 4 is 17.5 Å². The number of benzene rings is 2. The van der Waals surface area contributed by atoms with Crippen LogP contribution in [-0.4, -0.2) is 21.6 Å². The lowest BCUT2D eigenvalue weighted by Crippen LogP contribution is -2.34. The van der Waals surface area contributed by atoms with Crippen LogP contribution in [0.4, 0.5) is 10.1 Å². The highest BCUT2D eigenvalue weighted by Crippen LogP contribution is 2.10. The summed E-state index contributed by atoms with van der Waals surface area (Å²) in [5.74, 6) is -2.00. The predicted octanol–water partition coefficient (Wildman–Crippen LogP) is 2.27. The molecule has 0 atom stereocenters. The zero-order valence-corrected chi connectivity index (χ0v) is 13.1. The Hall–Kier alpha value is -3.48. The second-order valence-corrected chi connectivity index (χ2v) is 5.26. The Kier molecular flexibility index (Phi) is 4.84. The quantitative estimate of drug-likeness (QED) is 0.717. The van der Waals surface area contributed by atoms with E-state index in [1.807, 2.05) is 36.5 Å². The molecule has 0 aliphatic rings. The van der Waals surface area contributed by atoms with E-state index in [2.05, 4.69) is 15.7 Å². The van der Waals surface area contributed by atoms with Gasteiger partial charge in [-0.3, -0.25) is 9.59 Å². The summed E-state index contributed by atoms with van der Waals surface area (Å²) in [6.45, 7) is 0.199. The van der Waals surface area contributed by atoms with Gasteiger partial charge in [0, 0.05) is 24.6 Å². The number of carbonyl (C=O) groups is 2. The Morgan fingerprint density at radius 3 is 2.56 bits per heavy atom. The Bertz CT molecular complexity index is 876. The summed E-state index contributed by atoms with van der Waals surface area (Å²) in [6, 6.07) is 14.4. The second kappa shape index (κ2) is 7.39. The van der Waals surface area contributed by atoms with Gasteiger partial charge in [-0.1, -0.05) is 12.1 Å². The van der Waals surface area contributed by atoms with Crippen LogP contribution in [0.1, 0.15) is 5.56 Å². The zero-order chi connectivity index (χ0) is 17.6. The number of aromatic nitrogens is 2. The summed E-state index contributed by atoms with van der Waals surface area (Å²) in [5, 5.41) is 9.10. The summed E-state index contributed by atoms with van der Waals surface area (Å²) >= 11 is 0. The number of rotatable bonds is 4. The molecule has 0 fully saturated rings. The fourth-order valence-corrected chi connectivity index (χ4v) is 2.21. The number of carbonyl (C=O) groups excluding carboxylic acids is 2. The predicted molar refractivity (Wildman–Crippen MR) is 90.4 cm³/mol. The summed E-state index contributed by atoms with van der Waals surface area (Å²) in [5.41, 5.74) is 2.03. The number of anilines is 1. The summed E-state index contributed by atoms with van der Waals surface area (Å²) < 4.78 is 14.5. The molecule has 0 aliphatic heterocycles. The van der Waals surface area contributed by atoms with E-state index >= 15 is 0 Å². The van der Waals surface area contributed by atoms with Crippen LogP contribution in [0.25, 0.3) is 5.69 Å². The van der Waals surface area contributed by atoms with Gasteiger partial charge < -0.3 is 10.6 Å². The van der Waals surface area contributed by atoms with Crippen molar-refractivity contribution in [1.82, 2.24) is 15.1 Å². The van der Waals surface area contributed by atoms with E-state index in [1.165, 1.54) is 24.3 Å². The lowest BCUT2D eigenvalue weighted by Gasteiger charge is -2.08. The van der Waals surface area contributed by atoms with Crippen LogP contribution < -0.4 is 10.6 Å². The minimum absolute atomic E-state index is 0.199. The van der Waals surface area contributed by atoms with Crippen LogP contribution in [-0.2, 0) is 16.1 Å². The maximum atomic E-state index is 12.8. The highest BCUT2D eigenvalue weighted by atomic mass is 19.1. The Morgan fingerprint density at radius 1 is 1.04 bits per heavy atom. The Labute approximate surface area is 143 Å². The lowest BCUT2D eigenvalue weighted by molar-refractivity contribution is -0.136. The van der Waals surface area contributed by atoms with Gasteiger partial charge in [0.2, 0.25) is 0 Å². The highest BCUT2D eigenvalue weighted by Gasteiger charge is 2.13. The molecule has 3 aromatic rings. The van der Waals surface area contributed by atoms with Gasteiger partial charge in [-0.2, -0.15) is 5.10 Å². The molecule has 0 bridgehead atoms. The normalized spacial score (nSPS) is 10.3. The first-order valence-electron chi connectivity index (χ1n) is 7.55. The fourth-order valence-electron chi connectivity index (χ4n) is 2.21. The van der Waals surface area contributed by atoms with Gasteiger partial charge in [-0.05, 0) is 48.0 Å². The standard InChI is InChI=1S/C18H15FN4O2/c19-14-5-7-15(8-6-14)22-18(25)17(24)20-12-13-3-1-4-16(11-13)23-10-2-9-21-23/h1-11H,12H2,(H,20,24)(H,22,25). The van der Waals surface area contributed by atoms with Crippen LogP contribution in [0.2, 0.25) is 0 Å². The molecule has 0 saturated heterocycles. The molecular weight excluding hydrogens is 323 g/mol. The third-order valence-corrected chi connectivity index (χ3v) is 3.44. The molecule has 126 valence electrons. The maximum absolute atomic E-state index is 12.8. The van der Waals surface area contributed by atoms with E-state index in [0.717, 1.165) is 11.3 Å². The number of amides is 2. The maximum Gasteiger partial charge on any atom is 0.313 e. The molecule has 2 N–H and O–H groups in total. The first-order chi connectivity index (χ1) is 12.1. The molecule has 2 amide bonds.